The summed E-state index contributed by atoms with van der Waals surface area (Å²) in [6, 6.07) is 17.2. The van der Waals surface area contributed by atoms with E-state index in [1.165, 1.54) is 13.8 Å². The zero-order valence-corrected chi connectivity index (χ0v) is 30.3. The molecule has 1 aromatic heterocycles. The quantitative estimate of drug-likeness (QED) is 0.202. The summed E-state index contributed by atoms with van der Waals surface area (Å²) in [6.07, 6.45) is 3.31. The molecule has 0 aliphatic carbocycles. The summed E-state index contributed by atoms with van der Waals surface area (Å²) < 4.78 is 13.1. The van der Waals surface area contributed by atoms with Gasteiger partial charge in [0.15, 0.2) is 5.82 Å². The van der Waals surface area contributed by atoms with Crippen LogP contribution in [0, 0.1) is 5.92 Å². The average molecular weight is 705 g/mol. The number of likely N-dealkylation sites (tertiary alicyclic amines) is 1. The van der Waals surface area contributed by atoms with Crippen LogP contribution in [-0.4, -0.2) is 75.1 Å². The number of hydrogen-bond donors (Lipinski definition) is 3. The lowest BCUT2D eigenvalue weighted by Crippen LogP contribution is -2.59. The van der Waals surface area contributed by atoms with Crippen molar-refractivity contribution in [2.75, 3.05) is 25.0 Å². The zero-order valence-electron chi connectivity index (χ0n) is 30.3. The molecule has 0 spiro atoms. The summed E-state index contributed by atoms with van der Waals surface area (Å²) in [5, 5.41) is 8.16. The van der Waals surface area contributed by atoms with Crippen LogP contribution in [0.3, 0.4) is 0 Å². The van der Waals surface area contributed by atoms with E-state index in [-0.39, 0.29) is 32.4 Å². The molecule has 1 saturated heterocycles. The first-order valence-electron chi connectivity index (χ1n) is 17.3. The molecule has 1 unspecified atom stereocenters. The molecule has 2 atom stereocenters. The van der Waals surface area contributed by atoms with Crippen LogP contribution < -0.4 is 16.0 Å². The fraction of sp³-hybridized carbons (Fsp3) is 0.513. The van der Waals surface area contributed by atoms with Gasteiger partial charge in [-0.3, -0.25) is 14.4 Å². The van der Waals surface area contributed by atoms with Gasteiger partial charge in [0.1, 0.15) is 29.0 Å². The van der Waals surface area contributed by atoms with Crippen LogP contribution in [0.2, 0.25) is 0 Å². The second-order valence-corrected chi connectivity index (χ2v) is 14.4. The van der Waals surface area contributed by atoms with E-state index in [1.807, 2.05) is 77.1 Å². The molecule has 0 bridgehead atoms. The maximum atomic E-state index is 14.1. The zero-order chi connectivity index (χ0) is 36.5. The van der Waals surface area contributed by atoms with Gasteiger partial charge in [-0.05, 0) is 64.5 Å². The molecule has 0 saturated carbocycles. The maximum absolute atomic E-state index is 14.1. The predicted octanol–water partition coefficient (Wildman–Crippen LogP) is 5.87. The molecular formula is C39H56N6O6. The molecule has 1 fully saturated rings. The number of piperidine rings is 1. The molecule has 0 radical (unpaired) electrons. The van der Waals surface area contributed by atoms with E-state index in [4.69, 9.17) is 14.5 Å². The number of anilines is 1. The van der Waals surface area contributed by atoms with Crippen molar-refractivity contribution >= 4 is 29.6 Å². The first-order valence-corrected chi connectivity index (χ1v) is 17.3. The molecule has 4 rings (SSSR count). The van der Waals surface area contributed by atoms with Crippen LogP contribution in [0.25, 0.3) is 0 Å². The summed E-state index contributed by atoms with van der Waals surface area (Å²) in [5.41, 5.74) is -0.467. The van der Waals surface area contributed by atoms with Crippen molar-refractivity contribution < 1.29 is 28.7 Å². The van der Waals surface area contributed by atoms with Crippen LogP contribution in [0.15, 0.2) is 66.9 Å². The van der Waals surface area contributed by atoms with Crippen molar-refractivity contribution in [2.24, 2.45) is 5.92 Å². The fourth-order valence-electron chi connectivity index (χ4n) is 5.66. The molecular weight excluding hydrogens is 648 g/mol. The van der Waals surface area contributed by atoms with Gasteiger partial charge in [0.05, 0.1) is 13.2 Å². The highest BCUT2D eigenvalue weighted by Gasteiger charge is 2.35. The van der Waals surface area contributed by atoms with Crippen molar-refractivity contribution in [3.05, 3.63) is 83.8 Å². The number of alkyl carbamates (subject to hydrolysis) is 1. The Morgan fingerprint density at radius 3 is 2.14 bits per heavy atom. The van der Waals surface area contributed by atoms with Crippen molar-refractivity contribution in [3.8, 4) is 0 Å². The number of hydrogen-bond acceptors (Lipinski definition) is 7. The number of nitrogens with zero attached hydrogens (tertiary/aromatic N) is 3. The Labute approximate surface area is 302 Å². The van der Waals surface area contributed by atoms with E-state index in [1.54, 1.807) is 27.0 Å². The second-order valence-electron chi connectivity index (χ2n) is 14.4. The number of aromatic nitrogens is 2. The highest BCUT2D eigenvalue weighted by Crippen LogP contribution is 2.28. The molecule has 4 amide bonds. The van der Waals surface area contributed by atoms with Crippen LogP contribution in [0.4, 0.5) is 10.6 Å². The van der Waals surface area contributed by atoms with Gasteiger partial charge in [-0.2, -0.15) is 0 Å². The minimum atomic E-state index is -1.42. The lowest BCUT2D eigenvalue weighted by molar-refractivity contribution is -0.135. The number of carbonyl (C=O) groups is 4. The van der Waals surface area contributed by atoms with Gasteiger partial charge in [-0.15, -0.1) is 0 Å². The largest absolute Gasteiger partial charge is 0.444 e. The van der Waals surface area contributed by atoms with Crippen LogP contribution in [0.1, 0.15) is 91.7 Å². The Kier molecular flexibility index (Phi) is 14.4. The standard InChI is InChI=1S/C38H52N6O6.CH4/c1-8-31-40-30(23-44(31)32(28-17-13-10-14-18-28)34(46)43-21-19-26(2)20-22-43)41-33(45)29(25-49-24-27-15-11-9-12-16-27)39-35(47)38(6,7)42-36(48)50-37(3,4)5;/h9-18,23,26,29,32H,8,19-22,24-25H2,1-7H3,(H,39,47)(H,41,45)(H,42,48);1H4/t29-,32?;/m1./s1. The van der Waals surface area contributed by atoms with E-state index in [0.29, 0.717) is 31.3 Å². The van der Waals surface area contributed by atoms with Gasteiger partial charge in [0, 0.05) is 25.7 Å². The SMILES string of the molecule is C.CCc1nc(NC(=O)[C@@H](COCc2ccccc2)NC(=O)C(C)(C)NC(=O)OC(C)(C)C)cn1C(C(=O)N1CCC(C)CC1)c1ccccc1. The van der Waals surface area contributed by atoms with E-state index in [0.717, 1.165) is 24.0 Å². The number of carbonyl (C=O) groups excluding carboxylic acids is 4. The third-order valence-corrected chi connectivity index (χ3v) is 8.50. The third-order valence-electron chi connectivity index (χ3n) is 8.50. The Morgan fingerprint density at radius 1 is 0.941 bits per heavy atom. The maximum Gasteiger partial charge on any atom is 0.408 e. The summed E-state index contributed by atoms with van der Waals surface area (Å²) in [7, 11) is 0. The van der Waals surface area contributed by atoms with Gasteiger partial charge in [0.25, 0.3) is 5.91 Å². The summed E-state index contributed by atoms with van der Waals surface area (Å²) in [4.78, 5) is 60.5. The number of nitrogens with one attached hydrogen (secondary N) is 3. The summed E-state index contributed by atoms with van der Waals surface area (Å²) in [5.74, 6) is 0.223. The number of benzene rings is 2. The minimum absolute atomic E-state index is 0. The van der Waals surface area contributed by atoms with Crippen LogP contribution >= 0.6 is 0 Å². The van der Waals surface area contributed by atoms with Gasteiger partial charge < -0.3 is 34.9 Å². The molecule has 3 N–H and O–H groups in total. The topological polar surface area (TPSA) is 144 Å². The lowest BCUT2D eigenvalue weighted by Gasteiger charge is -2.34. The smallest absolute Gasteiger partial charge is 0.408 e. The molecule has 12 nitrogen and oxygen atoms in total. The molecule has 51 heavy (non-hydrogen) atoms. The molecule has 2 aromatic carbocycles. The molecule has 1 aliphatic heterocycles. The Bertz CT molecular complexity index is 1590. The monoisotopic (exact) mass is 704 g/mol. The Morgan fingerprint density at radius 2 is 1.55 bits per heavy atom. The van der Waals surface area contributed by atoms with E-state index in [2.05, 4.69) is 22.9 Å². The first kappa shape index (κ1) is 40.7. The number of rotatable bonds is 13. The van der Waals surface area contributed by atoms with Gasteiger partial charge in [-0.1, -0.05) is 81.9 Å². The van der Waals surface area contributed by atoms with Crippen LogP contribution in [-0.2, 0) is 36.9 Å². The minimum Gasteiger partial charge on any atom is -0.444 e. The van der Waals surface area contributed by atoms with E-state index < -0.39 is 41.1 Å². The first-order chi connectivity index (χ1) is 23.7. The molecule has 2 heterocycles. The van der Waals surface area contributed by atoms with Crippen molar-refractivity contribution in [1.29, 1.82) is 0 Å². The van der Waals surface area contributed by atoms with E-state index in [9.17, 15) is 19.2 Å². The van der Waals surface area contributed by atoms with Crippen LogP contribution in [0.5, 0.6) is 0 Å². The van der Waals surface area contributed by atoms with Crippen molar-refractivity contribution in [1.82, 2.24) is 25.1 Å². The number of imidazole rings is 1. The number of amides is 4. The Balaban J connectivity index is 0.00000702. The average Bonchev–Trinajstić information content (AvgIpc) is 3.46. The summed E-state index contributed by atoms with van der Waals surface area (Å²) in [6.45, 7) is 13.8. The van der Waals surface area contributed by atoms with Crippen molar-refractivity contribution in [2.45, 2.75) is 105 Å². The second kappa shape index (κ2) is 18.0. The lowest BCUT2D eigenvalue weighted by atomic mass is 9.97. The van der Waals surface area contributed by atoms with Gasteiger partial charge in [-0.25, -0.2) is 9.78 Å². The predicted molar refractivity (Wildman–Crippen MR) is 198 cm³/mol. The summed E-state index contributed by atoms with van der Waals surface area (Å²) >= 11 is 0. The molecule has 3 aromatic rings. The van der Waals surface area contributed by atoms with Gasteiger partial charge >= 0.3 is 6.09 Å². The molecule has 12 heteroatoms. The highest BCUT2D eigenvalue weighted by molar-refractivity contribution is 5.98. The van der Waals surface area contributed by atoms with Gasteiger partial charge in [0.2, 0.25) is 11.8 Å². The van der Waals surface area contributed by atoms with Crippen molar-refractivity contribution in [3.63, 3.8) is 0 Å². The fourth-order valence-corrected chi connectivity index (χ4v) is 5.66. The highest BCUT2D eigenvalue weighted by atomic mass is 16.6. The molecule has 1 aliphatic rings. The Hall–Kier alpha value is -4.71. The third kappa shape index (κ3) is 11.7. The normalized spacial score (nSPS) is 14.8. The number of aryl methyl sites for hydroxylation is 1. The molecule has 278 valence electrons. The van der Waals surface area contributed by atoms with E-state index >= 15 is 0 Å². The number of ether oxygens (including phenoxy) is 2.